The lowest BCUT2D eigenvalue weighted by molar-refractivity contribution is -0.130. The molecule has 8 nitrogen and oxygen atoms in total. The largest absolute Gasteiger partial charge is 0.395 e. The summed E-state index contributed by atoms with van der Waals surface area (Å²) < 4.78 is 1.88. The summed E-state index contributed by atoms with van der Waals surface area (Å²) in [5, 5.41) is 12.8. The number of pyridine rings is 1. The maximum atomic E-state index is 13.1. The molecule has 0 saturated carbocycles. The average molecular weight is 450 g/mol. The maximum Gasteiger partial charge on any atom is 0.261 e. The Hall–Kier alpha value is -3.30. The van der Waals surface area contributed by atoms with Crippen LogP contribution in [0.1, 0.15) is 27.6 Å². The molecule has 1 aromatic carbocycles. The first-order chi connectivity index (χ1) is 15.7. The third-order valence-electron chi connectivity index (χ3n) is 5.89. The third-order valence-corrected chi connectivity index (χ3v) is 7.02. The molecule has 2 amide bonds. The molecule has 0 radical (unpaired) electrons. The molecule has 0 spiro atoms. The van der Waals surface area contributed by atoms with E-state index in [0.717, 1.165) is 33.2 Å². The van der Waals surface area contributed by atoms with Crippen LogP contribution in [0.3, 0.4) is 0 Å². The highest BCUT2D eigenvalue weighted by atomic mass is 32.1. The van der Waals surface area contributed by atoms with Gasteiger partial charge >= 0.3 is 0 Å². The van der Waals surface area contributed by atoms with Crippen molar-refractivity contribution in [1.29, 1.82) is 0 Å². The third kappa shape index (κ3) is 3.74. The SMILES string of the molecule is O=C(NCCO)c1sc2ncccc2c1[C@H]1CCN(C(=O)Cn2cnc3ccccc32)C1. The van der Waals surface area contributed by atoms with Gasteiger partial charge in [-0.2, -0.15) is 0 Å². The van der Waals surface area contributed by atoms with E-state index >= 15 is 0 Å². The number of nitrogens with zero attached hydrogens (tertiary/aromatic N) is 4. The van der Waals surface area contributed by atoms with Crippen LogP contribution in [-0.2, 0) is 11.3 Å². The van der Waals surface area contributed by atoms with Gasteiger partial charge in [0.25, 0.3) is 5.91 Å². The number of hydrogen-bond donors (Lipinski definition) is 2. The number of fused-ring (bicyclic) bond motifs is 2. The summed E-state index contributed by atoms with van der Waals surface area (Å²) in [7, 11) is 0. The van der Waals surface area contributed by atoms with Crippen molar-refractivity contribution < 1.29 is 14.7 Å². The maximum absolute atomic E-state index is 13.1. The summed E-state index contributed by atoms with van der Waals surface area (Å²) in [6.07, 6.45) is 4.22. The first-order valence-corrected chi connectivity index (χ1v) is 11.4. The molecule has 1 fully saturated rings. The van der Waals surface area contributed by atoms with Crippen molar-refractivity contribution >= 4 is 44.4 Å². The molecule has 4 heterocycles. The fourth-order valence-electron chi connectivity index (χ4n) is 4.38. The Labute approximate surface area is 188 Å². The molecule has 164 valence electrons. The average Bonchev–Trinajstić information content (AvgIpc) is 3.54. The van der Waals surface area contributed by atoms with Crippen molar-refractivity contribution in [2.75, 3.05) is 26.2 Å². The number of carbonyl (C=O) groups excluding carboxylic acids is 2. The van der Waals surface area contributed by atoms with Crippen LogP contribution in [0.25, 0.3) is 21.3 Å². The normalized spacial score (nSPS) is 16.2. The molecule has 0 bridgehead atoms. The van der Waals surface area contributed by atoms with Crippen molar-refractivity contribution in [3.8, 4) is 0 Å². The molecule has 1 aliphatic rings. The molecule has 4 aromatic rings. The van der Waals surface area contributed by atoms with Crippen molar-refractivity contribution in [2.24, 2.45) is 0 Å². The van der Waals surface area contributed by atoms with E-state index in [1.807, 2.05) is 45.9 Å². The Morgan fingerprint density at radius 1 is 1.19 bits per heavy atom. The Morgan fingerprint density at radius 2 is 2.06 bits per heavy atom. The van der Waals surface area contributed by atoms with Crippen molar-refractivity contribution in [3.05, 3.63) is 59.4 Å². The molecule has 0 unspecified atom stereocenters. The number of imidazole rings is 1. The number of amides is 2. The van der Waals surface area contributed by atoms with Gasteiger partial charge in [-0.1, -0.05) is 18.2 Å². The summed E-state index contributed by atoms with van der Waals surface area (Å²) in [6.45, 7) is 1.54. The van der Waals surface area contributed by atoms with Gasteiger partial charge in [0.15, 0.2) is 0 Å². The van der Waals surface area contributed by atoms with Crippen LogP contribution in [0.4, 0.5) is 0 Å². The van der Waals surface area contributed by atoms with Crippen LogP contribution in [-0.4, -0.2) is 62.6 Å². The predicted molar refractivity (Wildman–Crippen MR) is 123 cm³/mol. The Kier molecular flexibility index (Phi) is 5.59. The number of para-hydroxylation sites is 2. The smallest absolute Gasteiger partial charge is 0.261 e. The Bertz CT molecular complexity index is 1300. The molecule has 1 atom stereocenters. The molecular weight excluding hydrogens is 426 g/mol. The Balaban J connectivity index is 1.38. The first-order valence-electron chi connectivity index (χ1n) is 10.6. The lowest BCUT2D eigenvalue weighted by atomic mass is 9.95. The molecule has 9 heteroatoms. The van der Waals surface area contributed by atoms with Gasteiger partial charge in [-0.25, -0.2) is 9.97 Å². The number of aromatic nitrogens is 3. The zero-order valence-corrected chi connectivity index (χ0v) is 18.2. The van der Waals surface area contributed by atoms with Crippen LogP contribution in [0.5, 0.6) is 0 Å². The fourth-order valence-corrected chi connectivity index (χ4v) is 5.53. The quantitative estimate of drug-likeness (QED) is 0.471. The highest BCUT2D eigenvalue weighted by Gasteiger charge is 2.33. The van der Waals surface area contributed by atoms with E-state index < -0.39 is 0 Å². The number of nitrogens with one attached hydrogen (secondary N) is 1. The molecule has 2 N–H and O–H groups in total. The number of rotatable bonds is 6. The van der Waals surface area contributed by atoms with E-state index in [0.29, 0.717) is 18.0 Å². The van der Waals surface area contributed by atoms with E-state index in [1.165, 1.54) is 11.3 Å². The van der Waals surface area contributed by atoms with E-state index in [1.54, 1.807) is 12.5 Å². The number of aliphatic hydroxyl groups excluding tert-OH is 1. The minimum absolute atomic E-state index is 0.0413. The zero-order valence-electron chi connectivity index (χ0n) is 17.4. The number of thiophene rings is 1. The molecule has 1 saturated heterocycles. The zero-order chi connectivity index (χ0) is 22.1. The van der Waals surface area contributed by atoms with Gasteiger partial charge in [0, 0.05) is 37.1 Å². The number of aliphatic hydroxyl groups is 1. The van der Waals surface area contributed by atoms with Gasteiger partial charge in [-0.05, 0) is 30.2 Å². The summed E-state index contributed by atoms with van der Waals surface area (Å²) in [6, 6.07) is 11.6. The molecule has 5 rings (SSSR count). The topological polar surface area (TPSA) is 100 Å². The van der Waals surface area contributed by atoms with E-state index in [2.05, 4.69) is 15.3 Å². The van der Waals surface area contributed by atoms with E-state index in [-0.39, 0.29) is 37.4 Å². The standard InChI is InChI=1S/C23H23N5O3S/c29-11-9-24-22(31)21-20(16-4-3-8-25-23(16)32-21)15-7-10-27(12-15)19(30)13-28-14-26-17-5-1-2-6-18(17)28/h1-6,8,14-15,29H,7,9-13H2,(H,24,31)/t15-/m0/s1. The van der Waals surface area contributed by atoms with Crippen molar-refractivity contribution in [2.45, 2.75) is 18.9 Å². The van der Waals surface area contributed by atoms with Gasteiger partial charge in [0.05, 0.1) is 28.8 Å². The van der Waals surface area contributed by atoms with Crippen LogP contribution in [0.2, 0.25) is 0 Å². The van der Waals surface area contributed by atoms with E-state index in [4.69, 9.17) is 5.11 Å². The number of carbonyl (C=O) groups is 2. The van der Waals surface area contributed by atoms with Crippen LogP contribution in [0, 0.1) is 0 Å². The highest BCUT2D eigenvalue weighted by Crippen LogP contribution is 2.39. The minimum Gasteiger partial charge on any atom is -0.395 e. The second-order valence-electron chi connectivity index (χ2n) is 7.87. The first kappa shape index (κ1) is 20.6. The van der Waals surface area contributed by atoms with Gasteiger partial charge in [0.1, 0.15) is 11.4 Å². The number of likely N-dealkylation sites (tertiary alicyclic amines) is 1. The highest BCUT2D eigenvalue weighted by molar-refractivity contribution is 7.20. The summed E-state index contributed by atoms with van der Waals surface area (Å²) in [4.78, 5) is 37.9. The number of benzene rings is 1. The predicted octanol–water partition coefficient (Wildman–Crippen LogP) is 2.38. The second-order valence-corrected chi connectivity index (χ2v) is 8.87. The van der Waals surface area contributed by atoms with Gasteiger partial charge in [0.2, 0.25) is 5.91 Å². The number of hydrogen-bond acceptors (Lipinski definition) is 6. The van der Waals surface area contributed by atoms with Crippen molar-refractivity contribution in [1.82, 2.24) is 24.8 Å². The summed E-state index contributed by atoms with van der Waals surface area (Å²) in [5.74, 6) is -0.0994. The van der Waals surface area contributed by atoms with Gasteiger partial charge < -0.3 is 19.9 Å². The molecule has 1 aliphatic heterocycles. The van der Waals surface area contributed by atoms with Crippen LogP contribution < -0.4 is 5.32 Å². The lowest BCUT2D eigenvalue weighted by Crippen LogP contribution is -2.31. The monoisotopic (exact) mass is 449 g/mol. The molecular formula is C23H23N5O3S. The molecule has 32 heavy (non-hydrogen) atoms. The lowest BCUT2D eigenvalue weighted by Gasteiger charge is -2.18. The van der Waals surface area contributed by atoms with Gasteiger partial charge in [-0.3, -0.25) is 9.59 Å². The Morgan fingerprint density at radius 3 is 2.94 bits per heavy atom. The van der Waals surface area contributed by atoms with Crippen LogP contribution >= 0.6 is 11.3 Å². The van der Waals surface area contributed by atoms with Crippen LogP contribution in [0.15, 0.2) is 48.9 Å². The minimum atomic E-state index is -0.202. The van der Waals surface area contributed by atoms with E-state index in [9.17, 15) is 9.59 Å². The molecule has 3 aromatic heterocycles. The summed E-state index contributed by atoms with van der Waals surface area (Å²) in [5.41, 5.74) is 2.77. The van der Waals surface area contributed by atoms with Crippen molar-refractivity contribution in [3.63, 3.8) is 0 Å². The fraction of sp³-hybridized carbons (Fsp3) is 0.304. The summed E-state index contributed by atoms with van der Waals surface area (Å²) >= 11 is 1.36. The molecule has 0 aliphatic carbocycles. The second kappa shape index (κ2) is 8.68. The van der Waals surface area contributed by atoms with Gasteiger partial charge in [-0.15, -0.1) is 11.3 Å².